The number of benzene rings is 1. The molecule has 16 heavy (non-hydrogen) atoms. The predicted octanol–water partition coefficient (Wildman–Crippen LogP) is 2.84. The average Bonchev–Trinajstić information content (AvgIpc) is 2.25. The van der Waals surface area contributed by atoms with Gasteiger partial charge in [0.05, 0.1) is 0 Å². The molecular weight excluding hydrogens is 221 g/mol. The third-order valence-electron chi connectivity index (χ3n) is 1.92. The summed E-state index contributed by atoms with van der Waals surface area (Å²) in [5, 5.41) is 0. The summed E-state index contributed by atoms with van der Waals surface area (Å²) in [7, 11) is 0. The number of carbonyl (C=O) groups is 1. The van der Waals surface area contributed by atoms with Crippen LogP contribution in [0.15, 0.2) is 30.3 Å². The molecule has 0 N–H and O–H groups in total. The highest BCUT2D eigenvalue weighted by molar-refractivity contribution is 5.99. The smallest absolute Gasteiger partial charge is 0.361 e. The van der Waals surface area contributed by atoms with E-state index in [0.29, 0.717) is 5.56 Å². The van der Waals surface area contributed by atoms with Crippen LogP contribution in [0.3, 0.4) is 0 Å². The van der Waals surface area contributed by atoms with Gasteiger partial charge in [0, 0.05) is 5.56 Å². The third kappa shape index (κ3) is 4.02. The summed E-state index contributed by atoms with van der Waals surface area (Å²) in [5.41, 5.74) is 0.345. The lowest BCUT2D eigenvalue weighted by Gasteiger charge is -2.13. The highest BCUT2D eigenvalue weighted by Gasteiger charge is 2.30. The zero-order valence-electron chi connectivity index (χ0n) is 8.62. The average molecular weight is 232 g/mol. The SMILES string of the molecule is CC(OCC(F)(F)F)C(=O)c1ccccc1. The van der Waals surface area contributed by atoms with Crippen LogP contribution < -0.4 is 0 Å². The van der Waals surface area contributed by atoms with Crippen molar-refractivity contribution in [3.05, 3.63) is 35.9 Å². The van der Waals surface area contributed by atoms with Gasteiger partial charge in [-0.2, -0.15) is 13.2 Å². The first-order chi connectivity index (χ1) is 7.40. The first-order valence-electron chi connectivity index (χ1n) is 4.68. The van der Waals surface area contributed by atoms with Crippen LogP contribution in [-0.4, -0.2) is 24.7 Å². The Morgan fingerprint density at radius 2 is 1.88 bits per heavy atom. The van der Waals surface area contributed by atoms with Gasteiger partial charge < -0.3 is 4.74 Å². The van der Waals surface area contributed by atoms with Crippen molar-refractivity contribution < 1.29 is 22.7 Å². The molecule has 1 rings (SSSR count). The summed E-state index contributed by atoms with van der Waals surface area (Å²) in [5.74, 6) is -0.454. The molecule has 1 atom stereocenters. The van der Waals surface area contributed by atoms with E-state index in [1.165, 1.54) is 19.1 Å². The maximum Gasteiger partial charge on any atom is 0.411 e. The van der Waals surface area contributed by atoms with E-state index in [4.69, 9.17) is 0 Å². The van der Waals surface area contributed by atoms with Crippen molar-refractivity contribution in [2.24, 2.45) is 0 Å². The summed E-state index contributed by atoms with van der Waals surface area (Å²) >= 11 is 0. The molecule has 5 heteroatoms. The largest absolute Gasteiger partial charge is 0.411 e. The molecule has 0 aromatic heterocycles. The van der Waals surface area contributed by atoms with Crippen molar-refractivity contribution >= 4 is 5.78 Å². The van der Waals surface area contributed by atoms with Crippen LogP contribution in [0.5, 0.6) is 0 Å². The Morgan fingerprint density at radius 1 is 1.31 bits per heavy atom. The van der Waals surface area contributed by atoms with Gasteiger partial charge in [-0.25, -0.2) is 0 Å². The Labute approximate surface area is 91.0 Å². The number of ether oxygens (including phenoxy) is 1. The van der Waals surface area contributed by atoms with Crippen molar-refractivity contribution in [3.63, 3.8) is 0 Å². The maximum absolute atomic E-state index is 11.8. The summed E-state index contributed by atoms with van der Waals surface area (Å²) in [6.07, 6.45) is -5.50. The molecule has 0 aliphatic heterocycles. The molecule has 2 nitrogen and oxygen atoms in total. The molecule has 0 spiro atoms. The first kappa shape index (κ1) is 12.7. The van der Waals surface area contributed by atoms with Gasteiger partial charge >= 0.3 is 6.18 Å². The molecule has 0 amide bonds. The van der Waals surface area contributed by atoms with Crippen molar-refractivity contribution in [3.8, 4) is 0 Å². The lowest BCUT2D eigenvalue weighted by molar-refractivity contribution is -0.179. The molecule has 0 aliphatic rings. The molecular formula is C11H11F3O2. The molecule has 1 aromatic rings. The van der Waals surface area contributed by atoms with Crippen molar-refractivity contribution in [1.82, 2.24) is 0 Å². The lowest BCUT2D eigenvalue weighted by Crippen LogP contribution is -2.27. The Hall–Kier alpha value is -1.36. The van der Waals surface area contributed by atoms with Crippen LogP contribution >= 0.6 is 0 Å². The number of Topliss-reactive ketones (excluding diaryl/α,β-unsaturated/α-hetero) is 1. The van der Waals surface area contributed by atoms with E-state index in [1.807, 2.05) is 0 Å². The third-order valence-corrected chi connectivity index (χ3v) is 1.92. The molecule has 1 aromatic carbocycles. The van der Waals surface area contributed by atoms with E-state index in [-0.39, 0.29) is 0 Å². The predicted molar refractivity (Wildman–Crippen MR) is 52.2 cm³/mol. The highest BCUT2D eigenvalue weighted by Crippen LogP contribution is 2.16. The highest BCUT2D eigenvalue weighted by atomic mass is 19.4. The van der Waals surface area contributed by atoms with Gasteiger partial charge in [0.15, 0.2) is 5.78 Å². The van der Waals surface area contributed by atoms with Crippen LogP contribution in [0.25, 0.3) is 0 Å². The van der Waals surface area contributed by atoms with E-state index in [1.54, 1.807) is 18.2 Å². The number of rotatable bonds is 4. The normalized spacial score (nSPS) is 13.5. The van der Waals surface area contributed by atoms with Crippen LogP contribution in [-0.2, 0) is 4.74 Å². The topological polar surface area (TPSA) is 26.3 Å². The number of halogens is 3. The fourth-order valence-electron chi connectivity index (χ4n) is 1.13. The van der Waals surface area contributed by atoms with Gasteiger partial charge in [-0.15, -0.1) is 0 Å². The Balaban J connectivity index is 2.55. The van der Waals surface area contributed by atoms with E-state index in [0.717, 1.165) is 0 Å². The minimum atomic E-state index is -4.41. The minimum Gasteiger partial charge on any atom is -0.361 e. The van der Waals surface area contributed by atoms with E-state index in [9.17, 15) is 18.0 Å². The van der Waals surface area contributed by atoms with Gasteiger partial charge in [-0.3, -0.25) is 4.79 Å². The fraction of sp³-hybridized carbons (Fsp3) is 0.364. The molecule has 0 heterocycles. The quantitative estimate of drug-likeness (QED) is 0.746. The van der Waals surface area contributed by atoms with Crippen molar-refractivity contribution in [2.75, 3.05) is 6.61 Å². The molecule has 0 fully saturated rings. The molecule has 1 unspecified atom stereocenters. The van der Waals surface area contributed by atoms with Crippen molar-refractivity contribution in [2.45, 2.75) is 19.2 Å². The minimum absolute atomic E-state index is 0.345. The Kier molecular flexibility index (Phi) is 4.06. The van der Waals surface area contributed by atoms with Gasteiger partial charge in [0.25, 0.3) is 0 Å². The summed E-state index contributed by atoms with van der Waals surface area (Å²) in [6, 6.07) is 8.08. The van der Waals surface area contributed by atoms with Gasteiger partial charge in [-0.1, -0.05) is 30.3 Å². The van der Waals surface area contributed by atoms with Crippen LogP contribution in [0.1, 0.15) is 17.3 Å². The molecule has 0 radical (unpaired) electrons. The number of hydrogen-bond acceptors (Lipinski definition) is 2. The summed E-state index contributed by atoms with van der Waals surface area (Å²) in [6.45, 7) is -0.103. The second-order valence-electron chi connectivity index (χ2n) is 3.30. The maximum atomic E-state index is 11.8. The van der Waals surface area contributed by atoms with Crippen LogP contribution in [0.4, 0.5) is 13.2 Å². The second kappa shape index (κ2) is 5.12. The molecule has 88 valence electrons. The lowest BCUT2D eigenvalue weighted by atomic mass is 10.1. The second-order valence-corrected chi connectivity index (χ2v) is 3.30. The molecule has 0 aliphatic carbocycles. The van der Waals surface area contributed by atoms with E-state index >= 15 is 0 Å². The van der Waals surface area contributed by atoms with Crippen molar-refractivity contribution in [1.29, 1.82) is 0 Å². The first-order valence-corrected chi connectivity index (χ1v) is 4.68. The molecule has 0 saturated heterocycles. The van der Waals surface area contributed by atoms with Gasteiger partial charge in [-0.05, 0) is 6.92 Å². The zero-order valence-corrected chi connectivity index (χ0v) is 8.62. The standard InChI is InChI=1S/C11H11F3O2/c1-8(16-7-11(12,13)14)10(15)9-5-3-2-4-6-9/h2-6,8H,7H2,1H3. The summed E-state index contributed by atoms with van der Waals surface area (Å²) in [4.78, 5) is 11.6. The van der Waals surface area contributed by atoms with E-state index in [2.05, 4.69) is 4.74 Å². The monoisotopic (exact) mass is 232 g/mol. The number of carbonyl (C=O) groups excluding carboxylic acids is 1. The molecule has 0 saturated carbocycles. The number of ketones is 1. The van der Waals surface area contributed by atoms with E-state index < -0.39 is 24.7 Å². The number of hydrogen-bond donors (Lipinski definition) is 0. The van der Waals surface area contributed by atoms with Gasteiger partial charge in [0.1, 0.15) is 12.7 Å². The summed E-state index contributed by atoms with van der Waals surface area (Å²) < 4.78 is 40.0. The molecule has 0 bridgehead atoms. The van der Waals surface area contributed by atoms with Crippen LogP contribution in [0.2, 0.25) is 0 Å². The Morgan fingerprint density at radius 3 is 2.38 bits per heavy atom. The fourth-order valence-corrected chi connectivity index (χ4v) is 1.13. The Bertz CT molecular complexity index is 346. The zero-order chi connectivity index (χ0) is 12.2. The number of alkyl halides is 3. The van der Waals surface area contributed by atoms with Crippen LogP contribution in [0, 0.1) is 0 Å². The van der Waals surface area contributed by atoms with Gasteiger partial charge in [0.2, 0.25) is 0 Å².